The number of carbonyl (C=O) groups is 2. The lowest BCUT2D eigenvalue weighted by Gasteiger charge is -2.25. The van der Waals surface area contributed by atoms with Gasteiger partial charge in [-0.3, -0.25) is 14.5 Å². The van der Waals surface area contributed by atoms with Crippen LogP contribution in [0.25, 0.3) is 6.08 Å². The third kappa shape index (κ3) is 5.84. The summed E-state index contributed by atoms with van der Waals surface area (Å²) >= 11 is 9.19. The molecule has 0 atom stereocenters. The van der Waals surface area contributed by atoms with Gasteiger partial charge in [-0.15, -0.1) is 0 Å². The number of ether oxygens (including phenoxy) is 1. The molecule has 1 saturated carbocycles. The highest BCUT2D eigenvalue weighted by atomic mass is 127. The molecule has 0 aromatic heterocycles. The van der Waals surface area contributed by atoms with E-state index in [2.05, 4.69) is 22.6 Å². The van der Waals surface area contributed by atoms with Gasteiger partial charge in [-0.25, -0.2) is 0 Å². The van der Waals surface area contributed by atoms with Crippen molar-refractivity contribution in [3.63, 3.8) is 0 Å². The van der Waals surface area contributed by atoms with Crippen LogP contribution in [-0.2, 0) is 11.4 Å². The maximum atomic E-state index is 12.8. The molecule has 4 nitrogen and oxygen atoms in total. The molecule has 4 rings (SSSR count). The van der Waals surface area contributed by atoms with Crippen LogP contribution in [0.3, 0.4) is 0 Å². The first-order valence-corrected chi connectivity index (χ1v) is 12.7. The second kappa shape index (κ2) is 10.4. The molecule has 1 saturated heterocycles. The van der Waals surface area contributed by atoms with E-state index in [0.717, 1.165) is 45.1 Å². The largest absolute Gasteiger partial charge is 0.488 e. The van der Waals surface area contributed by atoms with Crippen LogP contribution in [0.15, 0.2) is 47.4 Å². The molecular formula is C24H23ClINO3S. The van der Waals surface area contributed by atoms with Crippen molar-refractivity contribution in [2.75, 3.05) is 6.54 Å². The summed E-state index contributed by atoms with van der Waals surface area (Å²) in [6.07, 6.45) is 7.67. The normalized spacial score (nSPS) is 18.8. The van der Waals surface area contributed by atoms with E-state index in [9.17, 15) is 9.59 Å². The summed E-state index contributed by atoms with van der Waals surface area (Å²) in [7, 11) is 0. The van der Waals surface area contributed by atoms with Gasteiger partial charge >= 0.3 is 0 Å². The fraction of sp³-hybridized carbons (Fsp3) is 0.333. The van der Waals surface area contributed by atoms with Crippen LogP contribution in [0.2, 0.25) is 5.02 Å². The Balaban J connectivity index is 1.41. The Morgan fingerprint density at radius 2 is 1.84 bits per heavy atom. The number of imide groups is 1. The predicted molar refractivity (Wildman–Crippen MR) is 134 cm³/mol. The Labute approximate surface area is 205 Å². The zero-order valence-electron chi connectivity index (χ0n) is 17.0. The third-order valence-electron chi connectivity index (χ3n) is 5.60. The van der Waals surface area contributed by atoms with E-state index >= 15 is 0 Å². The van der Waals surface area contributed by atoms with E-state index in [4.69, 9.17) is 16.3 Å². The quantitative estimate of drug-likeness (QED) is 0.275. The average Bonchev–Trinajstić information content (AvgIpc) is 3.02. The Hall–Kier alpha value is -1.51. The summed E-state index contributed by atoms with van der Waals surface area (Å²) in [6, 6.07) is 13.3. The van der Waals surface area contributed by atoms with Gasteiger partial charge in [-0.1, -0.05) is 49.1 Å². The van der Waals surface area contributed by atoms with Crippen molar-refractivity contribution in [2.45, 2.75) is 38.7 Å². The van der Waals surface area contributed by atoms with Crippen molar-refractivity contribution in [2.24, 2.45) is 5.92 Å². The molecule has 0 radical (unpaired) electrons. The van der Waals surface area contributed by atoms with E-state index < -0.39 is 0 Å². The lowest BCUT2D eigenvalue weighted by Crippen LogP contribution is -2.34. The second-order valence-corrected chi connectivity index (χ2v) is 10.5. The number of nitrogens with zero attached hydrogens (tertiary/aromatic N) is 1. The lowest BCUT2D eigenvalue weighted by atomic mass is 9.89. The summed E-state index contributed by atoms with van der Waals surface area (Å²) in [5.74, 6) is 1.05. The molecule has 0 spiro atoms. The summed E-state index contributed by atoms with van der Waals surface area (Å²) < 4.78 is 6.87. The summed E-state index contributed by atoms with van der Waals surface area (Å²) in [6.45, 7) is 1.00. The minimum absolute atomic E-state index is 0.153. The molecule has 1 heterocycles. The molecule has 2 amide bonds. The summed E-state index contributed by atoms with van der Waals surface area (Å²) in [5.41, 5.74) is 1.92. The number of thioether (sulfide) groups is 1. The Morgan fingerprint density at radius 1 is 1.10 bits per heavy atom. The van der Waals surface area contributed by atoms with Crippen molar-refractivity contribution < 1.29 is 14.3 Å². The van der Waals surface area contributed by atoms with E-state index in [1.54, 1.807) is 6.08 Å². The van der Waals surface area contributed by atoms with E-state index in [1.807, 2.05) is 42.5 Å². The molecule has 162 valence electrons. The Kier molecular flexibility index (Phi) is 7.61. The van der Waals surface area contributed by atoms with Crippen LogP contribution in [0.5, 0.6) is 5.75 Å². The number of rotatable bonds is 6. The number of benzene rings is 2. The Bertz CT molecular complexity index is 1000. The number of hydrogen-bond donors (Lipinski definition) is 0. The highest BCUT2D eigenvalue weighted by Gasteiger charge is 2.36. The molecule has 2 aromatic carbocycles. The van der Waals surface area contributed by atoms with Gasteiger partial charge in [0.05, 0.1) is 8.48 Å². The number of halogens is 2. The first-order chi connectivity index (χ1) is 15.0. The molecule has 2 aromatic rings. The van der Waals surface area contributed by atoms with Crippen LogP contribution >= 0.6 is 46.0 Å². The predicted octanol–water partition coefficient (Wildman–Crippen LogP) is 7.14. The van der Waals surface area contributed by atoms with Gasteiger partial charge < -0.3 is 4.74 Å². The molecule has 1 aliphatic heterocycles. The van der Waals surface area contributed by atoms with Gasteiger partial charge in [-0.05, 0) is 94.6 Å². The molecule has 2 aliphatic rings. The Morgan fingerprint density at radius 3 is 2.55 bits per heavy atom. The highest BCUT2D eigenvalue weighted by Crippen LogP contribution is 2.35. The third-order valence-corrected chi connectivity index (χ3v) is 7.60. The van der Waals surface area contributed by atoms with Gasteiger partial charge in [0.15, 0.2) is 0 Å². The van der Waals surface area contributed by atoms with Gasteiger partial charge in [0.25, 0.3) is 11.1 Å². The fourth-order valence-corrected chi connectivity index (χ4v) is 5.57. The number of amides is 2. The molecule has 7 heteroatoms. The second-order valence-electron chi connectivity index (χ2n) is 7.90. The molecule has 0 bridgehead atoms. The van der Waals surface area contributed by atoms with Gasteiger partial charge in [0.1, 0.15) is 12.4 Å². The monoisotopic (exact) mass is 567 g/mol. The maximum absolute atomic E-state index is 12.8. The summed E-state index contributed by atoms with van der Waals surface area (Å²) in [4.78, 5) is 27.2. The van der Waals surface area contributed by atoms with Gasteiger partial charge in [0, 0.05) is 11.6 Å². The highest BCUT2D eigenvalue weighted by molar-refractivity contribution is 14.1. The zero-order valence-corrected chi connectivity index (χ0v) is 20.7. The van der Waals surface area contributed by atoms with E-state index in [1.165, 1.54) is 24.2 Å². The van der Waals surface area contributed by atoms with E-state index in [0.29, 0.717) is 29.0 Å². The van der Waals surface area contributed by atoms with Crippen LogP contribution in [0.1, 0.15) is 43.2 Å². The molecule has 1 aliphatic carbocycles. The van der Waals surface area contributed by atoms with Crippen LogP contribution in [0, 0.1) is 9.49 Å². The van der Waals surface area contributed by atoms with Crippen molar-refractivity contribution in [3.8, 4) is 5.75 Å². The van der Waals surface area contributed by atoms with Crippen molar-refractivity contribution in [1.82, 2.24) is 4.90 Å². The van der Waals surface area contributed by atoms with Gasteiger partial charge in [-0.2, -0.15) is 0 Å². The maximum Gasteiger partial charge on any atom is 0.293 e. The SMILES string of the molecule is O=C1S/C(=C/c2ccc(OCc3ccc(Cl)cc3)c(I)c2)C(=O)N1CC1CCCCC1. The van der Waals surface area contributed by atoms with E-state index in [-0.39, 0.29) is 11.1 Å². The van der Waals surface area contributed by atoms with Crippen molar-refractivity contribution >= 4 is 63.2 Å². The minimum Gasteiger partial charge on any atom is -0.488 e. The van der Waals surface area contributed by atoms with Crippen LogP contribution in [0.4, 0.5) is 4.79 Å². The minimum atomic E-state index is -0.168. The van der Waals surface area contributed by atoms with Gasteiger partial charge in [0.2, 0.25) is 0 Å². The molecule has 2 fully saturated rings. The first-order valence-electron chi connectivity index (χ1n) is 10.4. The smallest absolute Gasteiger partial charge is 0.293 e. The van der Waals surface area contributed by atoms with Crippen molar-refractivity contribution in [3.05, 3.63) is 67.1 Å². The number of carbonyl (C=O) groups excluding carboxylic acids is 2. The molecule has 0 unspecified atom stereocenters. The fourth-order valence-electron chi connectivity index (χ4n) is 3.90. The van der Waals surface area contributed by atoms with Crippen molar-refractivity contribution in [1.29, 1.82) is 0 Å². The standard InChI is InChI=1S/C24H23ClINO3S/c25-19-9-6-17(7-10-19)15-30-21-11-8-18(12-20(21)26)13-22-23(28)27(24(29)31-22)14-16-4-2-1-3-5-16/h6-13,16H,1-5,14-15H2/b22-13+. The van der Waals surface area contributed by atoms with Crippen LogP contribution in [-0.4, -0.2) is 22.6 Å². The molecular weight excluding hydrogens is 545 g/mol. The molecule has 0 N–H and O–H groups in total. The topological polar surface area (TPSA) is 46.6 Å². The number of hydrogen-bond acceptors (Lipinski definition) is 4. The summed E-state index contributed by atoms with van der Waals surface area (Å²) in [5, 5.41) is 0.547. The molecule has 31 heavy (non-hydrogen) atoms. The zero-order chi connectivity index (χ0) is 21.8. The van der Waals surface area contributed by atoms with Crippen LogP contribution < -0.4 is 4.74 Å². The lowest BCUT2D eigenvalue weighted by molar-refractivity contribution is -0.123. The average molecular weight is 568 g/mol. The first kappa shape index (κ1) is 22.7.